The zero-order chi connectivity index (χ0) is 16.2. The van der Waals surface area contributed by atoms with Crippen LogP contribution in [0, 0.1) is 6.92 Å². The Hall–Kier alpha value is -1.12. The zero-order valence-corrected chi connectivity index (χ0v) is 14.6. The van der Waals surface area contributed by atoms with Crippen LogP contribution in [0.2, 0.25) is 0 Å². The highest BCUT2D eigenvalue weighted by molar-refractivity contribution is 9.10. The lowest BCUT2D eigenvalue weighted by Crippen LogP contribution is -2.36. The Morgan fingerprint density at radius 1 is 1.38 bits per heavy atom. The van der Waals surface area contributed by atoms with E-state index in [0.717, 1.165) is 4.31 Å². The third kappa shape index (κ3) is 4.18. The van der Waals surface area contributed by atoms with Gasteiger partial charge in [-0.25, -0.2) is 8.42 Å². The highest BCUT2D eigenvalue weighted by Crippen LogP contribution is 2.28. The summed E-state index contributed by atoms with van der Waals surface area (Å²) in [5.41, 5.74) is 6.63. The number of nitrogen functional groups attached to an aromatic ring is 1. The summed E-state index contributed by atoms with van der Waals surface area (Å²) in [4.78, 5) is 11.6. The number of carbonyl (C=O) groups excluding carboxylic acids is 1. The van der Waals surface area contributed by atoms with E-state index >= 15 is 0 Å². The van der Waals surface area contributed by atoms with Crippen LogP contribution < -0.4 is 5.73 Å². The van der Waals surface area contributed by atoms with Gasteiger partial charge in [0.05, 0.1) is 11.5 Å². The average Bonchev–Trinajstić information content (AvgIpc) is 2.40. The predicted octanol–water partition coefficient (Wildman–Crippen LogP) is 1.91. The number of anilines is 1. The fourth-order valence-electron chi connectivity index (χ4n) is 1.80. The SMILES string of the molecule is CCOC(=O)CN(CC)S(=O)(=O)c1cc(Br)cc(N)c1C. The van der Waals surface area contributed by atoms with Crippen molar-refractivity contribution in [1.29, 1.82) is 0 Å². The summed E-state index contributed by atoms with van der Waals surface area (Å²) >= 11 is 3.23. The third-order valence-electron chi connectivity index (χ3n) is 2.95. The molecule has 1 aromatic carbocycles. The minimum atomic E-state index is -3.82. The van der Waals surface area contributed by atoms with E-state index in [1.165, 1.54) is 6.07 Å². The van der Waals surface area contributed by atoms with Crippen LogP contribution in [0.3, 0.4) is 0 Å². The van der Waals surface area contributed by atoms with E-state index in [1.54, 1.807) is 26.8 Å². The normalized spacial score (nSPS) is 11.7. The predicted molar refractivity (Wildman–Crippen MR) is 84.4 cm³/mol. The number of hydrogen-bond donors (Lipinski definition) is 1. The molecule has 0 unspecified atom stereocenters. The molecule has 0 spiro atoms. The average molecular weight is 379 g/mol. The molecule has 0 fully saturated rings. The first-order chi connectivity index (χ1) is 9.73. The first kappa shape index (κ1) is 17.9. The molecule has 21 heavy (non-hydrogen) atoms. The first-order valence-corrected chi connectivity index (χ1v) is 8.68. The molecular formula is C13H19BrN2O4S. The molecule has 1 rings (SSSR count). The van der Waals surface area contributed by atoms with Crippen molar-refractivity contribution in [2.75, 3.05) is 25.4 Å². The lowest BCUT2D eigenvalue weighted by atomic mass is 10.2. The lowest BCUT2D eigenvalue weighted by Gasteiger charge is -2.21. The van der Waals surface area contributed by atoms with Crippen LogP contribution in [0.5, 0.6) is 0 Å². The van der Waals surface area contributed by atoms with Crippen molar-refractivity contribution in [1.82, 2.24) is 4.31 Å². The van der Waals surface area contributed by atoms with E-state index < -0.39 is 16.0 Å². The summed E-state index contributed by atoms with van der Waals surface area (Å²) in [7, 11) is -3.82. The van der Waals surface area contributed by atoms with E-state index in [1.807, 2.05) is 0 Å². The van der Waals surface area contributed by atoms with E-state index in [2.05, 4.69) is 15.9 Å². The van der Waals surface area contributed by atoms with Gasteiger partial charge in [-0.15, -0.1) is 0 Å². The largest absolute Gasteiger partial charge is 0.465 e. The highest BCUT2D eigenvalue weighted by atomic mass is 79.9. The molecule has 0 saturated heterocycles. The Labute approximate surface area is 133 Å². The fraction of sp³-hybridized carbons (Fsp3) is 0.462. The van der Waals surface area contributed by atoms with Gasteiger partial charge in [0.15, 0.2) is 0 Å². The second-order valence-corrected chi connectivity index (χ2v) is 7.18. The number of halogens is 1. The molecule has 0 aliphatic rings. The van der Waals surface area contributed by atoms with E-state index in [4.69, 9.17) is 10.5 Å². The van der Waals surface area contributed by atoms with Crippen molar-refractivity contribution < 1.29 is 17.9 Å². The summed E-state index contributed by atoms with van der Waals surface area (Å²) in [5.74, 6) is -0.580. The van der Waals surface area contributed by atoms with Crippen LogP contribution in [-0.4, -0.2) is 38.4 Å². The van der Waals surface area contributed by atoms with Gasteiger partial charge in [-0.2, -0.15) is 4.31 Å². The van der Waals surface area contributed by atoms with Crippen LogP contribution in [0.4, 0.5) is 5.69 Å². The third-order valence-corrected chi connectivity index (χ3v) is 5.45. The molecule has 0 bridgehead atoms. The van der Waals surface area contributed by atoms with Gasteiger partial charge in [-0.3, -0.25) is 4.79 Å². The second kappa shape index (κ2) is 7.24. The van der Waals surface area contributed by atoms with Crippen LogP contribution in [0.15, 0.2) is 21.5 Å². The quantitative estimate of drug-likeness (QED) is 0.603. The van der Waals surface area contributed by atoms with Gasteiger partial charge in [-0.05, 0) is 31.5 Å². The van der Waals surface area contributed by atoms with E-state index in [-0.39, 0.29) is 24.6 Å². The molecule has 118 valence electrons. The molecule has 0 atom stereocenters. The molecule has 1 aromatic rings. The Morgan fingerprint density at radius 3 is 2.52 bits per heavy atom. The van der Waals surface area contributed by atoms with Gasteiger partial charge in [0.25, 0.3) is 0 Å². The second-order valence-electron chi connectivity index (χ2n) is 4.35. The Morgan fingerprint density at radius 2 is 2.00 bits per heavy atom. The van der Waals surface area contributed by atoms with Gasteiger partial charge < -0.3 is 10.5 Å². The zero-order valence-electron chi connectivity index (χ0n) is 12.2. The Balaban J connectivity index is 3.22. The van der Waals surface area contributed by atoms with Crippen molar-refractivity contribution in [2.45, 2.75) is 25.7 Å². The number of rotatable bonds is 6. The molecule has 0 aromatic heterocycles. The maximum Gasteiger partial charge on any atom is 0.321 e. The smallest absolute Gasteiger partial charge is 0.321 e. The summed E-state index contributed by atoms with van der Waals surface area (Å²) in [6.07, 6.45) is 0. The van der Waals surface area contributed by atoms with Crippen molar-refractivity contribution in [3.63, 3.8) is 0 Å². The van der Waals surface area contributed by atoms with Gasteiger partial charge in [0.2, 0.25) is 10.0 Å². The summed E-state index contributed by atoms with van der Waals surface area (Å²) in [6, 6.07) is 3.12. The molecular weight excluding hydrogens is 360 g/mol. The van der Waals surface area contributed by atoms with E-state index in [9.17, 15) is 13.2 Å². The maximum atomic E-state index is 12.7. The minimum Gasteiger partial charge on any atom is -0.465 e. The van der Waals surface area contributed by atoms with Crippen LogP contribution in [0.25, 0.3) is 0 Å². The standard InChI is InChI=1S/C13H19BrN2O4S/c1-4-16(8-13(17)20-5-2)21(18,19)12-7-10(14)6-11(15)9(12)3/h6-7H,4-5,8,15H2,1-3H3. The first-order valence-electron chi connectivity index (χ1n) is 6.45. The Bertz CT molecular complexity index is 631. The maximum absolute atomic E-state index is 12.7. The number of hydrogen-bond acceptors (Lipinski definition) is 5. The van der Waals surface area contributed by atoms with Gasteiger partial charge in [-0.1, -0.05) is 22.9 Å². The monoisotopic (exact) mass is 378 g/mol. The van der Waals surface area contributed by atoms with Crippen molar-refractivity contribution in [3.8, 4) is 0 Å². The summed E-state index contributed by atoms with van der Waals surface area (Å²) in [6.45, 7) is 5.01. The number of nitrogens with zero attached hydrogens (tertiary/aromatic N) is 1. The number of sulfonamides is 1. The number of ether oxygens (including phenoxy) is 1. The van der Waals surface area contributed by atoms with Crippen LogP contribution in [0.1, 0.15) is 19.4 Å². The van der Waals surface area contributed by atoms with Crippen molar-refractivity contribution in [3.05, 3.63) is 22.2 Å². The molecule has 6 nitrogen and oxygen atoms in total. The number of carbonyl (C=O) groups is 1. The molecule has 8 heteroatoms. The van der Waals surface area contributed by atoms with Crippen LogP contribution in [-0.2, 0) is 19.6 Å². The topological polar surface area (TPSA) is 89.7 Å². The lowest BCUT2D eigenvalue weighted by molar-refractivity contribution is -0.143. The highest BCUT2D eigenvalue weighted by Gasteiger charge is 2.28. The van der Waals surface area contributed by atoms with Crippen LogP contribution >= 0.6 is 15.9 Å². The number of nitrogens with two attached hydrogens (primary N) is 1. The molecule has 0 saturated carbocycles. The van der Waals surface area contributed by atoms with Crippen molar-refractivity contribution >= 4 is 37.6 Å². The minimum absolute atomic E-state index is 0.0838. The van der Waals surface area contributed by atoms with E-state index in [0.29, 0.717) is 15.7 Å². The molecule has 0 aliphatic heterocycles. The molecule has 2 N–H and O–H groups in total. The van der Waals surface area contributed by atoms with Gasteiger partial charge in [0, 0.05) is 16.7 Å². The molecule has 0 radical (unpaired) electrons. The Kier molecular flexibility index (Phi) is 6.18. The summed E-state index contributed by atoms with van der Waals surface area (Å²) in [5, 5.41) is 0. The number of benzene rings is 1. The number of likely N-dealkylation sites (N-methyl/N-ethyl adjacent to an activating group) is 1. The van der Waals surface area contributed by atoms with Gasteiger partial charge in [0.1, 0.15) is 6.54 Å². The molecule has 0 heterocycles. The molecule has 0 aliphatic carbocycles. The van der Waals surface area contributed by atoms with Crippen molar-refractivity contribution in [2.24, 2.45) is 0 Å². The fourth-order valence-corrected chi connectivity index (χ4v) is 4.10. The summed E-state index contributed by atoms with van der Waals surface area (Å²) < 4.78 is 31.8. The number of esters is 1. The van der Waals surface area contributed by atoms with Gasteiger partial charge >= 0.3 is 5.97 Å². The molecule has 0 amide bonds.